The first-order chi connectivity index (χ1) is 5.40. The Labute approximate surface area is 76.9 Å². The molecule has 0 aliphatic heterocycles. The fourth-order valence-corrected chi connectivity index (χ4v) is 1.57. The normalized spacial score (nSPS) is 11.0. The summed E-state index contributed by atoms with van der Waals surface area (Å²) >= 11 is 0.991. The molecule has 0 rings (SSSR count). The van der Waals surface area contributed by atoms with Gasteiger partial charge >= 0.3 is 5.97 Å². The van der Waals surface area contributed by atoms with Crippen LogP contribution in [-0.2, 0) is 14.3 Å². The summed E-state index contributed by atoms with van der Waals surface area (Å²) in [6.07, 6.45) is 0. The van der Waals surface area contributed by atoms with E-state index in [0.29, 0.717) is 6.61 Å². The number of rotatable bonds is 3. The van der Waals surface area contributed by atoms with Gasteiger partial charge in [-0.15, -0.1) is 0 Å². The van der Waals surface area contributed by atoms with Crippen molar-refractivity contribution in [2.45, 2.75) is 32.4 Å². The van der Waals surface area contributed by atoms with Crippen molar-refractivity contribution < 1.29 is 14.3 Å². The molecule has 0 atom stereocenters. The highest BCUT2D eigenvalue weighted by molar-refractivity contribution is 8.15. The van der Waals surface area contributed by atoms with E-state index in [2.05, 4.69) is 0 Å². The summed E-state index contributed by atoms with van der Waals surface area (Å²) in [5.41, 5.74) is 0. The molecule has 0 aromatic carbocycles. The maximum atomic E-state index is 11.2. The van der Waals surface area contributed by atoms with Crippen molar-refractivity contribution >= 4 is 22.8 Å². The highest BCUT2D eigenvalue weighted by atomic mass is 32.2. The van der Waals surface area contributed by atoms with E-state index < -0.39 is 4.75 Å². The molecule has 3 nitrogen and oxygen atoms in total. The van der Waals surface area contributed by atoms with Gasteiger partial charge in [-0.25, -0.2) is 0 Å². The van der Waals surface area contributed by atoms with Gasteiger partial charge < -0.3 is 4.74 Å². The van der Waals surface area contributed by atoms with Gasteiger partial charge in [-0.2, -0.15) is 0 Å². The van der Waals surface area contributed by atoms with Crippen LogP contribution in [0.3, 0.4) is 0 Å². The Morgan fingerprint density at radius 3 is 2.25 bits per heavy atom. The summed E-state index contributed by atoms with van der Waals surface area (Å²) in [5.74, 6) is -0.342. The van der Waals surface area contributed by atoms with Gasteiger partial charge in [0.05, 0.1) is 6.61 Å². The molecule has 70 valence electrons. The molecule has 4 heteroatoms. The second-order valence-electron chi connectivity index (χ2n) is 2.82. The minimum absolute atomic E-state index is 0.0759. The minimum Gasteiger partial charge on any atom is -0.465 e. The first-order valence-electron chi connectivity index (χ1n) is 3.77. The zero-order valence-electron chi connectivity index (χ0n) is 7.84. The molecular formula is C8H14O3S. The van der Waals surface area contributed by atoms with Crippen molar-refractivity contribution in [3.05, 3.63) is 0 Å². The summed E-state index contributed by atoms with van der Waals surface area (Å²) in [7, 11) is 0. The number of ether oxygens (including phenoxy) is 1. The van der Waals surface area contributed by atoms with E-state index in [9.17, 15) is 9.59 Å². The molecule has 0 N–H and O–H groups in total. The van der Waals surface area contributed by atoms with Gasteiger partial charge in [-0.05, 0) is 20.8 Å². The lowest BCUT2D eigenvalue weighted by Gasteiger charge is -2.19. The average Bonchev–Trinajstić information content (AvgIpc) is 1.85. The predicted molar refractivity (Wildman–Crippen MR) is 49.0 cm³/mol. The van der Waals surface area contributed by atoms with Crippen LogP contribution >= 0.6 is 11.8 Å². The molecular weight excluding hydrogens is 176 g/mol. The molecule has 0 radical (unpaired) electrons. The van der Waals surface area contributed by atoms with E-state index in [1.165, 1.54) is 6.92 Å². The molecule has 0 saturated heterocycles. The van der Waals surface area contributed by atoms with E-state index in [-0.39, 0.29) is 11.1 Å². The summed E-state index contributed by atoms with van der Waals surface area (Å²) in [4.78, 5) is 21.9. The fraction of sp³-hybridized carbons (Fsp3) is 0.750. The molecule has 0 amide bonds. The van der Waals surface area contributed by atoms with Crippen molar-refractivity contribution in [2.75, 3.05) is 6.61 Å². The van der Waals surface area contributed by atoms with Crippen molar-refractivity contribution in [2.24, 2.45) is 0 Å². The van der Waals surface area contributed by atoms with Crippen LogP contribution < -0.4 is 0 Å². The van der Waals surface area contributed by atoms with E-state index in [0.717, 1.165) is 11.8 Å². The second kappa shape index (κ2) is 4.50. The third-order valence-electron chi connectivity index (χ3n) is 1.17. The Hall–Kier alpha value is -0.510. The highest BCUT2D eigenvalue weighted by Crippen LogP contribution is 2.26. The van der Waals surface area contributed by atoms with Crippen LogP contribution in [0.1, 0.15) is 27.7 Å². The number of hydrogen-bond acceptors (Lipinski definition) is 4. The number of carbonyl (C=O) groups is 2. The monoisotopic (exact) mass is 190 g/mol. The predicted octanol–water partition coefficient (Wildman–Crippen LogP) is 1.61. The van der Waals surface area contributed by atoms with Gasteiger partial charge in [-0.1, -0.05) is 11.8 Å². The van der Waals surface area contributed by atoms with Gasteiger partial charge in [0.25, 0.3) is 0 Å². The van der Waals surface area contributed by atoms with Gasteiger partial charge in [0.2, 0.25) is 0 Å². The SMILES string of the molecule is CCOC(=O)C(C)(C)SC(C)=O. The third kappa shape index (κ3) is 3.76. The molecule has 0 aromatic rings. The Kier molecular flexibility index (Phi) is 4.31. The lowest BCUT2D eigenvalue weighted by atomic mass is 10.2. The molecule has 0 aliphatic carbocycles. The minimum atomic E-state index is -0.762. The van der Waals surface area contributed by atoms with E-state index >= 15 is 0 Å². The summed E-state index contributed by atoms with van der Waals surface area (Å²) < 4.78 is 4.03. The lowest BCUT2D eigenvalue weighted by molar-refractivity contribution is -0.145. The smallest absolute Gasteiger partial charge is 0.322 e. The number of carbonyl (C=O) groups excluding carboxylic acids is 2. The molecule has 0 saturated carbocycles. The van der Waals surface area contributed by atoms with E-state index in [1.807, 2.05) is 0 Å². The Balaban J connectivity index is 4.18. The van der Waals surface area contributed by atoms with Crippen LogP contribution in [-0.4, -0.2) is 22.4 Å². The average molecular weight is 190 g/mol. The Morgan fingerprint density at radius 2 is 1.92 bits per heavy atom. The second-order valence-corrected chi connectivity index (χ2v) is 4.62. The van der Waals surface area contributed by atoms with Crippen molar-refractivity contribution in [3.63, 3.8) is 0 Å². The first kappa shape index (κ1) is 11.5. The third-order valence-corrected chi connectivity index (χ3v) is 2.13. The molecule has 12 heavy (non-hydrogen) atoms. The topological polar surface area (TPSA) is 43.4 Å². The molecule has 0 unspecified atom stereocenters. The molecule has 0 aliphatic rings. The Morgan fingerprint density at radius 1 is 1.42 bits per heavy atom. The largest absolute Gasteiger partial charge is 0.465 e. The lowest BCUT2D eigenvalue weighted by Crippen LogP contribution is -2.31. The van der Waals surface area contributed by atoms with Crippen LogP contribution in [0.5, 0.6) is 0 Å². The van der Waals surface area contributed by atoms with Crippen LogP contribution in [0.2, 0.25) is 0 Å². The van der Waals surface area contributed by atoms with Crippen molar-refractivity contribution in [3.8, 4) is 0 Å². The maximum absolute atomic E-state index is 11.2. The van der Waals surface area contributed by atoms with E-state index in [4.69, 9.17) is 4.74 Å². The molecule has 0 fully saturated rings. The number of hydrogen-bond donors (Lipinski definition) is 0. The standard InChI is InChI=1S/C8H14O3S/c1-5-11-7(10)8(3,4)12-6(2)9/h5H2,1-4H3. The fourth-order valence-electron chi connectivity index (χ4n) is 0.706. The van der Waals surface area contributed by atoms with Gasteiger partial charge in [0, 0.05) is 6.92 Å². The summed E-state index contributed by atoms with van der Waals surface area (Å²) in [5, 5.41) is -0.0759. The zero-order chi connectivity index (χ0) is 9.78. The van der Waals surface area contributed by atoms with Crippen molar-refractivity contribution in [1.29, 1.82) is 0 Å². The van der Waals surface area contributed by atoms with Gasteiger partial charge in [-0.3, -0.25) is 9.59 Å². The van der Waals surface area contributed by atoms with Gasteiger partial charge in [0.1, 0.15) is 4.75 Å². The van der Waals surface area contributed by atoms with E-state index in [1.54, 1.807) is 20.8 Å². The molecule has 0 spiro atoms. The van der Waals surface area contributed by atoms with Crippen LogP contribution in [0.4, 0.5) is 0 Å². The maximum Gasteiger partial charge on any atom is 0.322 e. The van der Waals surface area contributed by atoms with Crippen LogP contribution in [0.25, 0.3) is 0 Å². The number of thioether (sulfide) groups is 1. The molecule has 0 bridgehead atoms. The number of esters is 1. The zero-order valence-corrected chi connectivity index (χ0v) is 8.66. The molecule has 0 heterocycles. The Bertz CT molecular complexity index is 187. The first-order valence-corrected chi connectivity index (χ1v) is 4.58. The van der Waals surface area contributed by atoms with Gasteiger partial charge in [0.15, 0.2) is 5.12 Å². The summed E-state index contributed by atoms with van der Waals surface area (Å²) in [6, 6.07) is 0. The summed E-state index contributed by atoms with van der Waals surface area (Å²) in [6.45, 7) is 6.88. The quantitative estimate of drug-likeness (QED) is 0.634. The van der Waals surface area contributed by atoms with Crippen molar-refractivity contribution in [1.82, 2.24) is 0 Å². The van der Waals surface area contributed by atoms with Crippen LogP contribution in [0, 0.1) is 0 Å². The van der Waals surface area contributed by atoms with Crippen LogP contribution in [0.15, 0.2) is 0 Å². The molecule has 0 aromatic heterocycles. The highest BCUT2D eigenvalue weighted by Gasteiger charge is 2.31.